The van der Waals surface area contributed by atoms with Crippen molar-refractivity contribution in [3.05, 3.63) is 72.5 Å². The highest BCUT2D eigenvalue weighted by molar-refractivity contribution is 9.10. The molecule has 0 saturated carbocycles. The Morgan fingerprint density at radius 1 is 1.18 bits per heavy atom. The lowest BCUT2D eigenvalue weighted by molar-refractivity contribution is 0.0494. The van der Waals surface area contributed by atoms with E-state index in [9.17, 15) is 14.4 Å². The molecule has 0 bridgehead atoms. The molecule has 0 aliphatic rings. The first-order chi connectivity index (χ1) is 16.2. The Balaban J connectivity index is 1.92. The quantitative estimate of drug-likeness (QED) is 0.314. The van der Waals surface area contributed by atoms with Gasteiger partial charge in [0.2, 0.25) is 5.69 Å². The number of nitrogens with zero attached hydrogens (tertiary/aromatic N) is 2. The van der Waals surface area contributed by atoms with E-state index in [0.717, 1.165) is 26.0 Å². The molecule has 0 saturated heterocycles. The molecule has 3 aromatic rings. The van der Waals surface area contributed by atoms with Gasteiger partial charge < -0.3 is 14.2 Å². The van der Waals surface area contributed by atoms with Gasteiger partial charge in [0.25, 0.3) is 5.56 Å². The van der Waals surface area contributed by atoms with Gasteiger partial charge in [0.15, 0.2) is 0 Å². The summed E-state index contributed by atoms with van der Waals surface area (Å²) >= 11 is 5.06. The van der Waals surface area contributed by atoms with E-state index in [1.165, 1.54) is 0 Å². The van der Waals surface area contributed by atoms with Crippen LogP contribution in [0.4, 0.5) is 0 Å². The van der Waals surface area contributed by atoms with Crippen LogP contribution in [0, 0.1) is 13.8 Å². The third kappa shape index (κ3) is 5.89. The molecule has 3 rings (SSSR count). The molecule has 0 fully saturated rings. The summed E-state index contributed by atoms with van der Waals surface area (Å²) in [6, 6.07) is 8.71. The van der Waals surface area contributed by atoms with Crippen LogP contribution in [0.5, 0.6) is 17.2 Å². The van der Waals surface area contributed by atoms with E-state index < -0.39 is 22.9 Å². The molecule has 0 atom stereocenters. The maximum absolute atomic E-state index is 12.5. The van der Waals surface area contributed by atoms with Gasteiger partial charge in [0.1, 0.15) is 17.2 Å². The predicted octanol–water partition coefficient (Wildman–Crippen LogP) is 4.01. The molecule has 1 heterocycles. The van der Waals surface area contributed by atoms with Crippen LogP contribution in [-0.2, 0) is 4.74 Å². The lowest BCUT2D eigenvalue weighted by atomic mass is 10.1. The first-order valence-corrected chi connectivity index (χ1v) is 12.5. The summed E-state index contributed by atoms with van der Waals surface area (Å²) in [4.78, 5) is 39.1. The van der Waals surface area contributed by atoms with Gasteiger partial charge in [-0.25, -0.2) is 9.59 Å². The second-order valence-corrected chi connectivity index (χ2v) is 9.15. The molecule has 0 radical (unpaired) electrons. The van der Waals surface area contributed by atoms with Crippen molar-refractivity contribution in [1.82, 2.24) is 14.8 Å². The lowest BCUT2D eigenvalue weighted by Gasteiger charge is -2.15. The normalized spacial score (nSPS) is 10.7. The summed E-state index contributed by atoms with van der Waals surface area (Å²) in [5.74, 6) is 1.81. The van der Waals surface area contributed by atoms with Crippen molar-refractivity contribution in [3.63, 3.8) is 0 Å². The summed E-state index contributed by atoms with van der Waals surface area (Å²) in [6.07, 6.45) is 2.59. The number of methoxy groups -OCH3 is 1. The smallest absolute Gasteiger partial charge is 0.364 e. The number of H-pyrrole nitrogens is 1. The molecular formula is C23H24BrN3O6S. The Bertz CT molecular complexity index is 1300. The topological polar surface area (TPSA) is 113 Å². The molecular weight excluding hydrogens is 526 g/mol. The van der Waals surface area contributed by atoms with Crippen molar-refractivity contribution in [2.45, 2.75) is 20.3 Å². The zero-order valence-electron chi connectivity index (χ0n) is 19.1. The SMILES string of the molecule is COc1ccc(Oc2c(C)cc(-n3nc(C(=O)OCCCSC)c(=O)[nH]c3=O)cc2C)cc1Br. The number of hydrogen-bond acceptors (Lipinski definition) is 8. The van der Waals surface area contributed by atoms with E-state index in [4.69, 9.17) is 14.2 Å². The molecule has 0 aliphatic heterocycles. The molecule has 0 unspecified atom stereocenters. The van der Waals surface area contributed by atoms with Gasteiger partial charge in [-0.1, -0.05) is 0 Å². The number of ether oxygens (including phenoxy) is 3. The highest BCUT2D eigenvalue weighted by atomic mass is 79.9. The van der Waals surface area contributed by atoms with Crippen molar-refractivity contribution in [1.29, 1.82) is 0 Å². The second kappa shape index (κ2) is 11.4. The second-order valence-electron chi connectivity index (χ2n) is 7.31. The highest BCUT2D eigenvalue weighted by Gasteiger charge is 2.19. The number of hydrogen-bond donors (Lipinski definition) is 1. The molecule has 9 nitrogen and oxygen atoms in total. The van der Waals surface area contributed by atoms with Crippen molar-refractivity contribution < 1.29 is 19.0 Å². The summed E-state index contributed by atoms with van der Waals surface area (Å²) in [5.41, 5.74) is -0.324. The van der Waals surface area contributed by atoms with Crippen molar-refractivity contribution in [2.75, 3.05) is 25.7 Å². The lowest BCUT2D eigenvalue weighted by Crippen LogP contribution is -2.36. The monoisotopic (exact) mass is 549 g/mol. The fourth-order valence-corrected chi connectivity index (χ4v) is 4.11. The molecule has 0 amide bonds. The molecule has 34 heavy (non-hydrogen) atoms. The average molecular weight is 550 g/mol. The van der Waals surface area contributed by atoms with Crippen LogP contribution in [0.2, 0.25) is 0 Å². The first kappa shape index (κ1) is 25.6. The van der Waals surface area contributed by atoms with Crippen LogP contribution in [-0.4, -0.2) is 46.5 Å². The predicted molar refractivity (Wildman–Crippen MR) is 134 cm³/mol. The molecule has 0 aliphatic carbocycles. The molecule has 1 aromatic heterocycles. The number of aryl methyl sites for hydroxylation is 2. The van der Waals surface area contributed by atoms with Crippen LogP contribution in [0.15, 0.2) is 44.4 Å². The number of esters is 1. The first-order valence-electron chi connectivity index (χ1n) is 10.3. The zero-order chi connectivity index (χ0) is 24.8. The maximum Gasteiger partial charge on any atom is 0.364 e. The van der Waals surface area contributed by atoms with Crippen LogP contribution in [0.1, 0.15) is 28.0 Å². The number of halogens is 1. The van der Waals surface area contributed by atoms with Crippen molar-refractivity contribution in [2.24, 2.45) is 0 Å². The Hall–Kier alpha value is -3.05. The molecule has 11 heteroatoms. The fraction of sp³-hybridized carbons (Fsp3) is 0.304. The number of benzene rings is 2. The molecule has 1 N–H and O–H groups in total. The Morgan fingerprint density at radius 2 is 1.88 bits per heavy atom. The van der Waals surface area contributed by atoms with Crippen LogP contribution in [0.25, 0.3) is 5.69 Å². The minimum absolute atomic E-state index is 0.158. The minimum atomic E-state index is -0.894. The highest BCUT2D eigenvalue weighted by Crippen LogP contribution is 2.34. The maximum atomic E-state index is 12.5. The van der Waals surface area contributed by atoms with Crippen molar-refractivity contribution in [3.8, 4) is 22.9 Å². The zero-order valence-corrected chi connectivity index (χ0v) is 21.5. The Morgan fingerprint density at radius 3 is 2.50 bits per heavy atom. The molecule has 180 valence electrons. The van der Waals surface area contributed by atoms with E-state index in [2.05, 4.69) is 26.0 Å². The van der Waals surface area contributed by atoms with Crippen LogP contribution >= 0.6 is 27.7 Å². The third-order valence-corrected chi connectivity index (χ3v) is 6.10. The van der Waals surface area contributed by atoms with Gasteiger partial charge in [-0.2, -0.15) is 21.5 Å². The number of rotatable bonds is 9. The summed E-state index contributed by atoms with van der Waals surface area (Å²) in [7, 11) is 1.58. The fourth-order valence-electron chi connectivity index (χ4n) is 3.18. The standard InChI is InChI=1S/C23H24BrN3O6S/c1-13-10-15(11-14(2)20(13)33-16-6-7-18(31-3)17(24)12-16)27-23(30)25-21(28)19(26-27)22(29)32-8-5-9-34-4/h6-7,10-12H,5,8-9H2,1-4H3,(H,25,28,30). The van der Waals surface area contributed by atoms with E-state index >= 15 is 0 Å². The van der Waals surface area contributed by atoms with Gasteiger partial charge in [-0.15, -0.1) is 0 Å². The number of carbonyl (C=O) groups excluding carboxylic acids is 1. The molecule has 2 aromatic carbocycles. The molecule has 0 spiro atoms. The van der Waals surface area contributed by atoms with E-state index in [-0.39, 0.29) is 6.61 Å². The largest absolute Gasteiger partial charge is 0.496 e. The summed E-state index contributed by atoms with van der Waals surface area (Å²) in [6.45, 7) is 3.80. The number of nitrogens with one attached hydrogen (secondary N) is 1. The number of carbonyl (C=O) groups is 1. The van der Waals surface area contributed by atoms with E-state index in [0.29, 0.717) is 29.4 Å². The minimum Gasteiger partial charge on any atom is -0.496 e. The Labute approximate surface area is 208 Å². The van der Waals surface area contributed by atoms with Crippen LogP contribution in [0.3, 0.4) is 0 Å². The third-order valence-electron chi connectivity index (χ3n) is 4.78. The van der Waals surface area contributed by atoms with E-state index in [1.54, 1.807) is 49.2 Å². The van der Waals surface area contributed by atoms with Gasteiger partial charge in [0.05, 0.1) is 23.9 Å². The number of thioether (sulfide) groups is 1. The average Bonchev–Trinajstić information content (AvgIpc) is 2.79. The Kier molecular flexibility index (Phi) is 8.56. The van der Waals surface area contributed by atoms with Gasteiger partial charge >= 0.3 is 11.7 Å². The number of aromatic amines is 1. The van der Waals surface area contributed by atoms with Crippen molar-refractivity contribution >= 4 is 33.7 Å². The summed E-state index contributed by atoms with van der Waals surface area (Å²) < 4.78 is 18.1. The van der Waals surface area contributed by atoms with Crippen LogP contribution < -0.4 is 20.7 Å². The van der Waals surface area contributed by atoms with Gasteiger partial charge in [-0.3, -0.25) is 9.78 Å². The van der Waals surface area contributed by atoms with E-state index in [1.807, 2.05) is 20.1 Å². The number of aromatic nitrogens is 3. The summed E-state index contributed by atoms with van der Waals surface area (Å²) in [5, 5.41) is 3.99. The van der Waals surface area contributed by atoms with Gasteiger partial charge in [-0.05, 0) is 89.7 Å². The van der Waals surface area contributed by atoms with Gasteiger partial charge in [0, 0.05) is 0 Å².